The van der Waals surface area contributed by atoms with Crippen molar-refractivity contribution < 1.29 is 24.7 Å². The number of hydroxylamine groups is 1. The van der Waals surface area contributed by atoms with E-state index >= 15 is 0 Å². The van der Waals surface area contributed by atoms with Gasteiger partial charge in [0.05, 0.1) is 11.6 Å². The van der Waals surface area contributed by atoms with Crippen molar-refractivity contribution in [2.45, 2.75) is 52.1 Å². The van der Waals surface area contributed by atoms with E-state index in [1.165, 1.54) is 4.90 Å². The summed E-state index contributed by atoms with van der Waals surface area (Å²) in [6, 6.07) is 6.66. The Morgan fingerprint density at radius 1 is 1.22 bits per heavy atom. The number of nitrogens with one attached hydrogen (secondary N) is 1. The topological polar surface area (TPSA) is 107 Å². The van der Waals surface area contributed by atoms with Crippen LogP contribution in [0.15, 0.2) is 41.7 Å². The largest absolute Gasteiger partial charge is 0.503 e. The lowest BCUT2D eigenvalue weighted by Gasteiger charge is -2.35. The molecule has 2 amide bonds. The molecule has 0 aromatic heterocycles. The number of hydrogen-bond donors (Lipinski definition) is 3. The van der Waals surface area contributed by atoms with Gasteiger partial charge in [0.2, 0.25) is 0 Å². The van der Waals surface area contributed by atoms with Gasteiger partial charge in [0, 0.05) is 5.56 Å². The molecule has 3 N–H and O–H groups in total. The van der Waals surface area contributed by atoms with E-state index in [0.717, 1.165) is 6.42 Å². The fourth-order valence-corrected chi connectivity index (χ4v) is 3.49. The number of unbranched alkanes of at least 4 members (excludes halogenated alkanes) is 1. The Kier molecular flexibility index (Phi) is 6.74. The minimum absolute atomic E-state index is 0.00608. The number of rotatable bonds is 8. The van der Waals surface area contributed by atoms with Gasteiger partial charge in [-0.05, 0) is 12.3 Å². The van der Waals surface area contributed by atoms with E-state index < -0.39 is 35.4 Å². The van der Waals surface area contributed by atoms with Crippen LogP contribution in [0.5, 0.6) is 0 Å². The molecule has 0 saturated carbocycles. The molecule has 1 aromatic carbocycles. The fraction of sp³-hybridized carbons (Fsp3) is 0.450. The molecule has 0 aliphatic carbocycles. The summed E-state index contributed by atoms with van der Waals surface area (Å²) in [7, 11) is 0. The van der Waals surface area contributed by atoms with Gasteiger partial charge >= 0.3 is 0 Å². The van der Waals surface area contributed by atoms with Gasteiger partial charge in [-0.3, -0.25) is 19.6 Å². The third kappa shape index (κ3) is 4.03. The Hall–Kier alpha value is -2.67. The van der Waals surface area contributed by atoms with Crippen molar-refractivity contribution in [2.75, 3.05) is 0 Å². The van der Waals surface area contributed by atoms with Gasteiger partial charge in [0.25, 0.3) is 11.8 Å². The summed E-state index contributed by atoms with van der Waals surface area (Å²) in [6.45, 7) is 5.57. The highest BCUT2D eigenvalue weighted by atomic mass is 16.5. The summed E-state index contributed by atoms with van der Waals surface area (Å²) in [5, 5.41) is 19.6. The molecular formula is C20H26N2O5. The highest BCUT2D eigenvalue weighted by molar-refractivity contribution is 6.16. The van der Waals surface area contributed by atoms with Crippen LogP contribution in [0.3, 0.4) is 0 Å². The third-order valence-electron chi connectivity index (χ3n) is 4.78. The van der Waals surface area contributed by atoms with Crippen LogP contribution in [0.1, 0.15) is 50.4 Å². The Labute approximate surface area is 158 Å². The second-order valence-corrected chi connectivity index (χ2v) is 6.99. The van der Waals surface area contributed by atoms with Gasteiger partial charge in [-0.15, -0.1) is 0 Å². The van der Waals surface area contributed by atoms with E-state index in [9.17, 15) is 19.5 Å². The number of Topliss-reactive ketones (excluding diaryl/α,β-unsaturated/α-hetero) is 1. The van der Waals surface area contributed by atoms with Crippen LogP contribution in [-0.2, 0) is 9.59 Å². The predicted molar refractivity (Wildman–Crippen MR) is 99.1 cm³/mol. The average Bonchev–Trinajstić information content (AvgIpc) is 2.93. The van der Waals surface area contributed by atoms with Crippen molar-refractivity contribution in [2.24, 2.45) is 5.92 Å². The molecule has 0 bridgehead atoms. The molecule has 2 unspecified atom stereocenters. The second-order valence-electron chi connectivity index (χ2n) is 6.99. The maximum Gasteiger partial charge on any atom is 0.290 e. The van der Waals surface area contributed by atoms with Crippen LogP contribution in [0, 0.1) is 5.92 Å². The van der Waals surface area contributed by atoms with Gasteiger partial charge in [0.15, 0.2) is 11.5 Å². The number of carbonyl (C=O) groups is 3. The van der Waals surface area contributed by atoms with Crippen LogP contribution in [-0.4, -0.2) is 44.9 Å². The summed E-state index contributed by atoms with van der Waals surface area (Å²) in [5.74, 6) is -2.80. The summed E-state index contributed by atoms with van der Waals surface area (Å²) in [4.78, 5) is 39.3. The monoisotopic (exact) mass is 374 g/mol. The van der Waals surface area contributed by atoms with Crippen LogP contribution in [0.4, 0.5) is 0 Å². The van der Waals surface area contributed by atoms with Gasteiger partial charge in [-0.25, -0.2) is 5.48 Å². The maximum atomic E-state index is 13.0. The number of ketones is 1. The van der Waals surface area contributed by atoms with Crippen LogP contribution >= 0.6 is 0 Å². The molecule has 0 radical (unpaired) electrons. The minimum atomic E-state index is -0.974. The van der Waals surface area contributed by atoms with Gasteiger partial charge in [0.1, 0.15) is 6.04 Å². The van der Waals surface area contributed by atoms with Gasteiger partial charge in [-0.2, -0.15) is 0 Å². The molecule has 0 fully saturated rings. The first-order valence-electron chi connectivity index (χ1n) is 9.14. The molecule has 1 heterocycles. The lowest BCUT2D eigenvalue weighted by atomic mass is 9.89. The van der Waals surface area contributed by atoms with Crippen molar-refractivity contribution >= 4 is 17.6 Å². The van der Waals surface area contributed by atoms with Crippen molar-refractivity contribution in [1.29, 1.82) is 0 Å². The molecule has 27 heavy (non-hydrogen) atoms. The molecule has 0 saturated heterocycles. The molecule has 1 aliphatic rings. The number of benzene rings is 1. The normalized spacial score (nSPS) is 18.2. The smallest absolute Gasteiger partial charge is 0.290 e. The maximum absolute atomic E-state index is 13.0. The Balaban J connectivity index is 2.48. The summed E-state index contributed by atoms with van der Waals surface area (Å²) in [6.07, 6.45) is 1.76. The molecule has 146 valence electrons. The molecule has 7 nitrogen and oxygen atoms in total. The molecule has 2 rings (SSSR count). The summed E-state index contributed by atoms with van der Waals surface area (Å²) in [5.41, 5.74) is 1.95. The molecule has 0 spiro atoms. The number of carbonyl (C=O) groups excluding carboxylic acids is 3. The van der Waals surface area contributed by atoms with E-state index in [0.29, 0.717) is 18.4 Å². The zero-order valence-electron chi connectivity index (χ0n) is 15.8. The standard InChI is InChI=1S/C20H26N2O5/c1-4-5-11-14(19(25)21-27)22-16(12(2)3)15(18(24)20(22)26)17(23)13-9-7-6-8-10-13/h6-10,12,14,16,24,27H,4-5,11H2,1-3H3,(H,21,25). The first-order chi connectivity index (χ1) is 12.8. The number of aliphatic hydroxyl groups is 1. The summed E-state index contributed by atoms with van der Waals surface area (Å²) < 4.78 is 0. The lowest BCUT2D eigenvalue weighted by Crippen LogP contribution is -2.53. The van der Waals surface area contributed by atoms with E-state index in [1.54, 1.807) is 35.8 Å². The predicted octanol–water partition coefficient (Wildman–Crippen LogP) is 2.61. The number of hydrogen-bond acceptors (Lipinski definition) is 5. The van der Waals surface area contributed by atoms with E-state index in [-0.39, 0.29) is 11.5 Å². The van der Waals surface area contributed by atoms with E-state index in [2.05, 4.69) is 0 Å². The van der Waals surface area contributed by atoms with Crippen molar-refractivity contribution in [3.05, 3.63) is 47.2 Å². The van der Waals surface area contributed by atoms with Crippen LogP contribution in [0.2, 0.25) is 0 Å². The van der Waals surface area contributed by atoms with E-state index in [1.807, 2.05) is 20.8 Å². The highest BCUT2D eigenvalue weighted by Gasteiger charge is 2.48. The van der Waals surface area contributed by atoms with Crippen molar-refractivity contribution in [1.82, 2.24) is 10.4 Å². The van der Waals surface area contributed by atoms with Gasteiger partial charge in [-0.1, -0.05) is 63.9 Å². The first-order valence-corrected chi connectivity index (χ1v) is 9.14. The molecular weight excluding hydrogens is 348 g/mol. The molecule has 2 atom stereocenters. The van der Waals surface area contributed by atoms with Crippen molar-refractivity contribution in [3.63, 3.8) is 0 Å². The number of amides is 2. The van der Waals surface area contributed by atoms with Crippen LogP contribution in [0.25, 0.3) is 0 Å². The minimum Gasteiger partial charge on any atom is -0.503 e. The summed E-state index contributed by atoms with van der Waals surface area (Å²) >= 11 is 0. The molecule has 7 heteroatoms. The number of nitrogens with zero attached hydrogens (tertiary/aromatic N) is 1. The highest BCUT2D eigenvalue weighted by Crippen LogP contribution is 2.34. The Bertz CT molecular complexity index is 742. The average molecular weight is 374 g/mol. The lowest BCUT2D eigenvalue weighted by molar-refractivity contribution is -0.144. The molecule has 1 aliphatic heterocycles. The SMILES string of the molecule is CCCCC(C(=O)NO)N1C(=O)C(O)=C(C(=O)c2ccccc2)C1C(C)C. The molecule has 1 aromatic rings. The zero-order valence-corrected chi connectivity index (χ0v) is 15.8. The fourth-order valence-electron chi connectivity index (χ4n) is 3.49. The third-order valence-corrected chi connectivity index (χ3v) is 4.78. The van der Waals surface area contributed by atoms with Gasteiger partial charge < -0.3 is 10.0 Å². The first kappa shape index (κ1) is 20.6. The quantitative estimate of drug-likeness (QED) is 0.368. The van der Waals surface area contributed by atoms with Crippen molar-refractivity contribution in [3.8, 4) is 0 Å². The zero-order chi connectivity index (χ0) is 20.1. The van der Waals surface area contributed by atoms with Crippen LogP contribution < -0.4 is 5.48 Å². The van der Waals surface area contributed by atoms with E-state index in [4.69, 9.17) is 5.21 Å². The number of aliphatic hydroxyl groups excluding tert-OH is 1. The Morgan fingerprint density at radius 2 is 1.85 bits per heavy atom. The Morgan fingerprint density at radius 3 is 2.37 bits per heavy atom. The second kappa shape index (κ2) is 8.81.